The topological polar surface area (TPSA) is 20.2 Å². The van der Waals surface area contributed by atoms with Crippen LogP contribution in [0.25, 0.3) is 0 Å². The van der Waals surface area contributed by atoms with Gasteiger partial charge in [-0.1, -0.05) is 26.7 Å². The molecule has 0 heterocycles. The number of allylic oxidation sites excluding steroid dienone is 2. The SMILES string of the molecule is CCCC1(CCC)CCC=C(O)C1. The maximum atomic E-state index is 9.56. The summed E-state index contributed by atoms with van der Waals surface area (Å²) in [6.07, 6.45) is 10.3. The van der Waals surface area contributed by atoms with Gasteiger partial charge in [-0.25, -0.2) is 0 Å². The Morgan fingerprint density at radius 3 is 2.38 bits per heavy atom. The molecule has 76 valence electrons. The van der Waals surface area contributed by atoms with Crippen LogP contribution in [-0.2, 0) is 0 Å². The summed E-state index contributed by atoms with van der Waals surface area (Å²) in [7, 11) is 0. The number of aliphatic hydroxyl groups excluding tert-OH is 1. The third-order valence-electron chi connectivity index (χ3n) is 3.17. The third-order valence-corrected chi connectivity index (χ3v) is 3.17. The molecule has 1 rings (SSSR count). The molecule has 0 fully saturated rings. The van der Waals surface area contributed by atoms with Gasteiger partial charge in [-0.2, -0.15) is 0 Å². The lowest BCUT2D eigenvalue weighted by Crippen LogP contribution is -2.23. The molecule has 0 spiro atoms. The molecule has 0 bridgehead atoms. The molecule has 0 aliphatic heterocycles. The zero-order chi connectivity index (χ0) is 9.73. The second kappa shape index (κ2) is 4.69. The Morgan fingerprint density at radius 1 is 1.31 bits per heavy atom. The predicted octanol–water partition coefficient (Wildman–Crippen LogP) is 4.20. The second-order valence-corrected chi connectivity index (χ2v) is 4.41. The highest BCUT2D eigenvalue weighted by atomic mass is 16.3. The van der Waals surface area contributed by atoms with Crippen molar-refractivity contribution in [2.75, 3.05) is 0 Å². The average Bonchev–Trinajstić information content (AvgIpc) is 2.04. The van der Waals surface area contributed by atoms with Gasteiger partial charge in [0.25, 0.3) is 0 Å². The fraction of sp³-hybridized carbons (Fsp3) is 0.833. The first-order valence-electron chi connectivity index (χ1n) is 5.60. The first kappa shape index (κ1) is 10.6. The molecule has 0 saturated heterocycles. The zero-order valence-electron chi connectivity index (χ0n) is 8.97. The van der Waals surface area contributed by atoms with Gasteiger partial charge < -0.3 is 5.11 Å². The van der Waals surface area contributed by atoms with Gasteiger partial charge in [0.1, 0.15) is 0 Å². The summed E-state index contributed by atoms with van der Waals surface area (Å²) in [5.41, 5.74) is 0.433. The minimum Gasteiger partial charge on any atom is -0.513 e. The largest absolute Gasteiger partial charge is 0.513 e. The van der Waals surface area contributed by atoms with E-state index in [1.54, 1.807) is 0 Å². The lowest BCUT2D eigenvalue weighted by molar-refractivity contribution is 0.168. The molecule has 1 N–H and O–H groups in total. The van der Waals surface area contributed by atoms with E-state index in [4.69, 9.17) is 0 Å². The van der Waals surface area contributed by atoms with Gasteiger partial charge in [0.05, 0.1) is 5.76 Å². The van der Waals surface area contributed by atoms with Gasteiger partial charge in [0, 0.05) is 6.42 Å². The molecular formula is C12H22O. The van der Waals surface area contributed by atoms with Crippen LogP contribution in [-0.4, -0.2) is 5.11 Å². The van der Waals surface area contributed by atoms with Crippen molar-refractivity contribution in [2.45, 2.75) is 58.8 Å². The van der Waals surface area contributed by atoms with Crippen molar-refractivity contribution >= 4 is 0 Å². The van der Waals surface area contributed by atoms with Crippen molar-refractivity contribution in [3.63, 3.8) is 0 Å². The highest BCUT2D eigenvalue weighted by Gasteiger charge is 2.31. The number of rotatable bonds is 4. The summed E-state index contributed by atoms with van der Waals surface area (Å²) in [6, 6.07) is 0. The molecule has 0 atom stereocenters. The van der Waals surface area contributed by atoms with Crippen LogP contribution in [0.1, 0.15) is 58.8 Å². The van der Waals surface area contributed by atoms with Gasteiger partial charge >= 0.3 is 0 Å². The highest BCUT2D eigenvalue weighted by Crippen LogP contribution is 2.43. The Morgan fingerprint density at radius 2 is 1.92 bits per heavy atom. The number of aliphatic hydroxyl groups is 1. The Kier molecular flexibility index (Phi) is 3.83. The molecule has 0 aromatic heterocycles. The Balaban J connectivity index is 2.61. The lowest BCUT2D eigenvalue weighted by atomic mass is 9.70. The van der Waals surface area contributed by atoms with Crippen LogP contribution in [0, 0.1) is 5.41 Å². The zero-order valence-corrected chi connectivity index (χ0v) is 8.97. The van der Waals surface area contributed by atoms with Gasteiger partial charge in [-0.15, -0.1) is 0 Å². The quantitative estimate of drug-likeness (QED) is 0.691. The van der Waals surface area contributed by atoms with E-state index in [1.807, 2.05) is 6.08 Å². The van der Waals surface area contributed by atoms with Gasteiger partial charge in [0.15, 0.2) is 0 Å². The van der Waals surface area contributed by atoms with Crippen LogP contribution >= 0.6 is 0 Å². The van der Waals surface area contributed by atoms with Gasteiger partial charge in [-0.05, 0) is 37.2 Å². The second-order valence-electron chi connectivity index (χ2n) is 4.41. The first-order chi connectivity index (χ1) is 6.22. The van der Waals surface area contributed by atoms with Crippen LogP contribution in [0.15, 0.2) is 11.8 Å². The van der Waals surface area contributed by atoms with Crippen molar-refractivity contribution in [2.24, 2.45) is 5.41 Å². The minimum absolute atomic E-state index is 0.433. The van der Waals surface area contributed by atoms with E-state index in [0.717, 1.165) is 12.8 Å². The molecule has 1 aliphatic rings. The average molecular weight is 182 g/mol. The molecule has 0 radical (unpaired) electrons. The van der Waals surface area contributed by atoms with Gasteiger partial charge in [0.2, 0.25) is 0 Å². The molecule has 1 aliphatic carbocycles. The molecule has 0 amide bonds. The first-order valence-corrected chi connectivity index (χ1v) is 5.60. The van der Waals surface area contributed by atoms with Crippen LogP contribution in [0.5, 0.6) is 0 Å². The van der Waals surface area contributed by atoms with E-state index in [2.05, 4.69) is 13.8 Å². The molecule has 1 heteroatoms. The fourth-order valence-corrected chi connectivity index (χ4v) is 2.70. The molecule has 1 nitrogen and oxygen atoms in total. The molecule has 13 heavy (non-hydrogen) atoms. The van der Waals surface area contributed by atoms with E-state index in [-0.39, 0.29) is 0 Å². The maximum absolute atomic E-state index is 9.56. The predicted molar refractivity (Wildman–Crippen MR) is 56.8 cm³/mol. The van der Waals surface area contributed by atoms with Crippen molar-refractivity contribution in [3.05, 3.63) is 11.8 Å². The minimum atomic E-state index is 0.433. The van der Waals surface area contributed by atoms with Crippen LogP contribution < -0.4 is 0 Å². The fourth-order valence-electron chi connectivity index (χ4n) is 2.70. The monoisotopic (exact) mass is 182 g/mol. The summed E-state index contributed by atoms with van der Waals surface area (Å²) in [6.45, 7) is 4.49. The Labute approximate surface area is 81.9 Å². The number of hydrogen-bond donors (Lipinski definition) is 1. The van der Waals surface area contributed by atoms with E-state index in [1.165, 1.54) is 32.1 Å². The molecule has 0 aromatic rings. The van der Waals surface area contributed by atoms with Crippen molar-refractivity contribution in [1.29, 1.82) is 0 Å². The molecular weight excluding hydrogens is 160 g/mol. The van der Waals surface area contributed by atoms with Crippen LogP contribution in [0.3, 0.4) is 0 Å². The summed E-state index contributed by atoms with van der Waals surface area (Å²) < 4.78 is 0. The molecule has 0 aromatic carbocycles. The summed E-state index contributed by atoms with van der Waals surface area (Å²) in [5, 5.41) is 9.56. The van der Waals surface area contributed by atoms with Crippen molar-refractivity contribution < 1.29 is 5.11 Å². The van der Waals surface area contributed by atoms with E-state index in [9.17, 15) is 5.11 Å². The van der Waals surface area contributed by atoms with E-state index in [0.29, 0.717) is 11.2 Å². The highest BCUT2D eigenvalue weighted by molar-refractivity contribution is 5.03. The van der Waals surface area contributed by atoms with Crippen LogP contribution in [0.4, 0.5) is 0 Å². The Hall–Kier alpha value is -0.460. The third kappa shape index (κ3) is 2.75. The number of hydrogen-bond acceptors (Lipinski definition) is 1. The van der Waals surface area contributed by atoms with E-state index < -0.39 is 0 Å². The summed E-state index contributed by atoms with van der Waals surface area (Å²) in [5.74, 6) is 0.633. The van der Waals surface area contributed by atoms with E-state index >= 15 is 0 Å². The standard InChI is InChI=1S/C12H22O/c1-3-7-12(8-4-2)9-5-6-11(13)10-12/h6,13H,3-5,7-10H2,1-2H3. The molecule has 0 unspecified atom stereocenters. The van der Waals surface area contributed by atoms with Gasteiger partial charge in [-0.3, -0.25) is 0 Å². The Bertz CT molecular complexity index is 176. The van der Waals surface area contributed by atoms with Crippen molar-refractivity contribution in [3.8, 4) is 0 Å². The smallest absolute Gasteiger partial charge is 0.0888 e. The van der Waals surface area contributed by atoms with Crippen molar-refractivity contribution in [1.82, 2.24) is 0 Å². The maximum Gasteiger partial charge on any atom is 0.0888 e. The normalized spacial score (nSPS) is 21.2. The van der Waals surface area contributed by atoms with Crippen LogP contribution in [0.2, 0.25) is 0 Å². The summed E-state index contributed by atoms with van der Waals surface area (Å²) >= 11 is 0. The summed E-state index contributed by atoms with van der Waals surface area (Å²) in [4.78, 5) is 0. The molecule has 0 saturated carbocycles. The lowest BCUT2D eigenvalue weighted by Gasteiger charge is -2.35.